The minimum Gasteiger partial charge on any atom is -0.373 e. The van der Waals surface area contributed by atoms with Crippen LogP contribution in [0.4, 0.5) is 0 Å². The van der Waals surface area contributed by atoms with E-state index in [1.807, 2.05) is 18.2 Å². The number of carbonyl (C=O) groups excluding carboxylic acids is 1. The van der Waals surface area contributed by atoms with Gasteiger partial charge in [0.15, 0.2) is 0 Å². The van der Waals surface area contributed by atoms with E-state index in [1.165, 1.54) is 0 Å². The number of hydrogen-bond donors (Lipinski definition) is 2. The van der Waals surface area contributed by atoms with Crippen molar-refractivity contribution < 1.29 is 9.90 Å². The first-order valence-electron chi connectivity index (χ1n) is 6.85. The number of nitriles is 1. The summed E-state index contributed by atoms with van der Waals surface area (Å²) in [7, 11) is 0. The molecule has 2 N–H and O–H groups in total. The Morgan fingerprint density at radius 2 is 2.10 bits per heavy atom. The van der Waals surface area contributed by atoms with E-state index < -0.39 is 6.23 Å². The van der Waals surface area contributed by atoms with Gasteiger partial charge in [-0.25, -0.2) is 0 Å². The van der Waals surface area contributed by atoms with Gasteiger partial charge in [-0.15, -0.1) is 0 Å². The van der Waals surface area contributed by atoms with E-state index in [-0.39, 0.29) is 17.2 Å². The molecule has 1 saturated heterocycles. The van der Waals surface area contributed by atoms with Crippen molar-refractivity contribution in [1.29, 1.82) is 5.26 Å². The van der Waals surface area contributed by atoms with Gasteiger partial charge in [-0.1, -0.05) is 32.9 Å². The van der Waals surface area contributed by atoms with Gasteiger partial charge in [-0.3, -0.25) is 4.79 Å². The monoisotopic (exact) mass is 272 g/mol. The molecule has 1 aromatic carbocycles. The van der Waals surface area contributed by atoms with Gasteiger partial charge < -0.3 is 10.4 Å². The lowest BCUT2D eigenvalue weighted by Crippen LogP contribution is -2.43. The molecule has 0 radical (unpaired) electrons. The first-order chi connectivity index (χ1) is 9.32. The molecule has 4 nitrogen and oxygen atoms in total. The van der Waals surface area contributed by atoms with Crippen LogP contribution in [0.2, 0.25) is 0 Å². The molecule has 2 rings (SSSR count). The quantitative estimate of drug-likeness (QED) is 0.823. The fourth-order valence-electron chi connectivity index (χ4n) is 2.55. The third-order valence-corrected chi connectivity index (χ3v) is 3.81. The highest BCUT2D eigenvalue weighted by Crippen LogP contribution is 2.32. The second-order valence-electron chi connectivity index (χ2n) is 6.32. The number of aliphatic hydroxyl groups excluding tert-OH is 1. The topological polar surface area (TPSA) is 73.1 Å². The van der Waals surface area contributed by atoms with Crippen LogP contribution < -0.4 is 5.32 Å². The molecule has 1 heterocycles. The Bertz CT molecular complexity index is 567. The zero-order chi connectivity index (χ0) is 14.9. The molecule has 106 valence electrons. The van der Waals surface area contributed by atoms with Gasteiger partial charge in [-0.05, 0) is 29.0 Å². The van der Waals surface area contributed by atoms with E-state index in [4.69, 9.17) is 0 Å². The second kappa shape index (κ2) is 5.26. The standard InChI is InChI=1S/C16H20N2O2/c1-16(2,3)11-4-5-12(10(8-11)9-17)13-6-7-14(19)18-15(13)20/h4-5,8,13,15,20H,6-7H2,1-3H3,(H,18,19). The average molecular weight is 272 g/mol. The molecular weight excluding hydrogens is 252 g/mol. The van der Waals surface area contributed by atoms with Crippen LogP contribution in [-0.4, -0.2) is 17.2 Å². The van der Waals surface area contributed by atoms with Crippen molar-refractivity contribution in [3.8, 4) is 6.07 Å². The first-order valence-corrected chi connectivity index (χ1v) is 6.85. The van der Waals surface area contributed by atoms with Gasteiger partial charge >= 0.3 is 0 Å². The van der Waals surface area contributed by atoms with Crippen LogP contribution in [0.3, 0.4) is 0 Å². The Kier molecular flexibility index (Phi) is 3.82. The lowest BCUT2D eigenvalue weighted by Gasteiger charge is -2.30. The summed E-state index contributed by atoms with van der Waals surface area (Å²) in [6, 6.07) is 8.01. The third-order valence-electron chi connectivity index (χ3n) is 3.81. The summed E-state index contributed by atoms with van der Waals surface area (Å²) in [5.41, 5.74) is 2.46. The smallest absolute Gasteiger partial charge is 0.222 e. The molecule has 20 heavy (non-hydrogen) atoms. The summed E-state index contributed by atoms with van der Waals surface area (Å²) in [6.45, 7) is 6.29. The van der Waals surface area contributed by atoms with Gasteiger partial charge in [0, 0.05) is 12.3 Å². The molecule has 1 fully saturated rings. The Morgan fingerprint density at radius 3 is 2.65 bits per heavy atom. The van der Waals surface area contributed by atoms with Gasteiger partial charge in [0.2, 0.25) is 5.91 Å². The summed E-state index contributed by atoms with van der Waals surface area (Å²) in [5, 5.41) is 21.9. The highest BCUT2D eigenvalue weighted by Gasteiger charge is 2.30. The molecular formula is C16H20N2O2. The fourth-order valence-corrected chi connectivity index (χ4v) is 2.55. The number of piperidine rings is 1. The maximum absolute atomic E-state index is 11.3. The number of aliphatic hydroxyl groups is 1. The summed E-state index contributed by atoms with van der Waals surface area (Å²) >= 11 is 0. The largest absolute Gasteiger partial charge is 0.373 e. The van der Waals surface area contributed by atoms with E-state index in [0.29, 0.717) is 18.4 Å². The molecule has 1 amide bonds. The highest BCUT2D eigenvalue weighted by molar-refractivity contribution is 5.77. The van der Waals surface area contributed by atoms with Crippen LogP contribution in [0.25, 0.3) is 0 Å². The number of benzene rings is 1. The van der Waals surface area contributed by atoms with Gasteiger partial charge in [-0.2, -0.15) is 5.26 Å². The molecule has 1 aliphatic rings. The molecule has 1 aliphatic heterocycles. The molecule has 0 saturated carbocycles. The highest BCUT2D eigenvalue weighted by atomic mass is 16.3. The maximum Gasteiger partial charge on any atom is 0.222 e. The molecule has 0 spiro atoms. The van der Waals surface area contributed by atoms with Crippen molar-refractivity contribution in [2.45, 2.75) is 51.2 Å². The summed E-state index contributed by atoms with van der Waals surface area (Å²) in [6.07, 6.45) is 0.0355. The molecule has 0 aliphatic carbocycles. The number of nitrogens with one attached hydrogen (secondary N) is 1. The normalized spacial score (nSPS) is 23.1. The molecule has 1 aromatic rings. The predicted octanol–water partition coefficient (Wildman–Crippen LogP) is 2.17. The summed E-state index contributed by atoms with van der Waals surface area (Å²) in [4.78, 5) is 11.3. The number of amides is 1. The number of carbonyl (C=O) groups is 1. The zero-order valence-corrected chi connectivity index (χ0v) is 12.1. The van der Waals surface area contributed by atoms with Gasteiger partial charge in [0.05, 0.1) is 11.6 Å². The Labute approximate surface area is 119 Å². The van der Waals surface area contributed by atoms with E-state index >= 15 is 0 Å². The van der Waals surface area contributed by atoms with Crippen molar-refractivity contribution in [3.05, 3.63) is 34.9 Å². The molecule has 2 unspecified atom stereocenters. The van der Waals surface area contributed by atoms with Crippen LogP contribution in [0, 0.1) is 11.3 Å². The predicted molar refractivity (Wildman–Crippen MR) is 76.0 cm³/mol. The minimum absolute atomic E-state index is 0.0243. The Morgan fingerprint density at radius 1 is 1.40 bits per heavy atom. The zero-order valence-electron chi connectivity index (χ0n) is 12.1. The van der Waals surface area contributed by atoms with Crippen LogP contribution in [0.5, 0.6) is 0 Å². The third kappa shape index (κ3) is 2.83. The van der Waals surface area contributed by atoms with E-state index in [0.717, 1.165) is 11.1 Å². The number of nitrogens with zero attached hydrogens (tertiary/aromatic N) is 1. The van der Waals surface area contributed by atoms with E-state index in [2.05, 4.69) is 32.2 Å². The molecule has 0 bridgehead atoms. The molecule has 0 aromatic heterocycles. The van der Waals surface area contributed by atoms with Crippen molar-refractivity contribution in [2.24, 2.45) is 0 Å². The van der Waals surface area contributed by atoms with Crippen molar-refractivity contribution >= 4 is 5.91 Å². The van der Waals surface area contributed by atoms with Crippen LogP contribution in [0.15, 0.2) is 18.2 Å². The summed E-state index contributed by atoms with van der Waals surface area (Å²) in [5.74, 6) is -0.352. The second-order valence-corrected chi connectivity index (χ2v) is 6.32. The average Bonchev–Trinajstić information content (AvgIpc) is 2.37. The lowest BCUT2D eigenvalue weighted by atomic mass is 9.81. The van der Waals surface area contributed by atoms with Crippen molar-refractivity contribution in [3.63, 3.8) is 0 Å². The molecule has 2 atom stereocenters. The lowest BCUT2D eigenvalue weighted by molar-refractivity contribution is -0.127. The number of hydrogen-bond acceptors (Lipinski definition) is 3. The maximum atomic E-state index is 11.3. The Balaban J connectivity index is 2.38. The van der Waals surface area contributed by atoms with Crippen molar-refractivity contribution in [2.75, 3.05) is 0 Å². The molecule has 4 heteroatoms. The number of rotatable bonds is 1. The van der Waals surface area contributed by atoms with E-state index in [9.17, 15) is 15.2 Å². The van der Waals surface area contributed by atoms with Crippen molar-refractivity contribution in [1.82, 2.24) is 5.32 Å². The first kappa shape index (κ1) is 14.5. The summed E-state index contributed by atoms with van der Waals surface area (Å²) < 4.78 is 0. The van der Waals surface area contributed by atoms with Gasteiger partial charge in [0.1, 0.15) is 6.23 Å². The minimum atomic E-state index is -0.913. The fraction of sp³-hybridized carbons (Fsp3) is 0.500. The van der Waals surface area contributed by atoms with Gasteiger partial charge in [0.25, 0.3) is 0 Å². The SMILES string of the molecule is CC(C)(C)c1ccc(C2CCC(=O)NC2O)c(C#N)c1. The van der Waals surface area contributed by atoms with Crippen LogP contribution >= 0.6 is 0 Å². The Hall–Kier alpha value is -1.86. The van der Waals surface area contributed by atoms with E-state index in [1.54, 1.807) is 0 Å². The van der Waals surface area contributed by atoms with Crippen LogP contribution in [-0.2, 0) is 10.2 Å². The van der Waals surface area contributed by atoms with Crippen LogP contribution in [0.1, 0.15) is 56.2 Å².